The second-order valence-corrected chi connectivity index (χ2v) is 7.08. The largest absolute Gasteiger partial charge is 0.490 e. The van der Waals surface area contributed by atoms with E-state index in [1.54, 1.807) is 23.4 Å². The number of hydrogen-bond donors (Lipinski definition) is 1. The maximum atomic E-state index is 12.5. The average molecular weight is 451 g/mol. The van der Waals surface area contributed by atoms with Crippen LogP contribution < -0.4 is 0 Å². The molecule has 0 bridgehead atoms. The minimum atomic E-state index is -5.08. The molecule has 0 atom stereocenters. The number of carbonyl (C=O) groups excluding carboxylic acids is 1. The number of fused-ring (bicyclic) bond motifs is 1. The van der Waals surface area contributed by atoms with Crippen molar-refractivity contribution in [3.63, 3.8) is 0 Å². The number of amides is 1. The fraction of sp³-hybridized carbons (Fsp3) is 0.263. The number of nitrogens with zero attached hydrogens (tertiary/aromatic N) is 5. The van der Waals surface area contributed by atoms with E-state index in [2.05, 4.69) is 19.9 Å². The number of aromatic nitrogens is 4. The van der Waals surface area contributed by atoms with E-state index >= 15 is 0 Å². The third-order valence-corrected chi connectivity index (χ3v) is 4.99. The zero-order chi connectivity index (χ0) is 22.4. The van der Waals surface area contributed by atoms with Gasteiger partial charge in [-0.2, -0.15) is 13.2 Å². The van der Waals surface area contributed by atoms with E-state index in [9.17, 15) is 18.0 Å². The van der Waals surface area contributed by atoms with Crippen LogP contribution in [0.1, 0.15) is 21.7 Å². The van der Waals surface area contributed by atoms with Crippen molar-refractivity contribution in [2.75, 3.05) is 13.1 Å². The molecule has 12 heteroatoms. The number of thiazole rings is 1. The first-order valence-corrected chi connectivity index (χ1v) is 9.92. The molecule has 8 nitrogen and oxygen atoms in total. The van der Waals surface area contributed by atoms with Crippen molar-refractivity contribution < 1.29 is 27.9 Å². The molecule has 1 N–H and O–H groups in total. The topological polar surface area (TPSA) is 109 Å². The van der Waals surface area contributed by atoms with Crippen LogP contribution in [0, 0.1) is 0 Å². The van der Waals surface area contributed by atoms with Gasteiger partial charge in [0, 0.05) is 54.1 Å². The highest BCUT2D eigenvalue weighted by molar-refractivity contribution is 7.07. The number of carboxylic acid groups (broad SMARTS) is 1. The van der Waals surface area contributed by atoms with Gasteiger partial charge in [0.25, 0.3) is 5.91 Å². The molecule has 0 radical (unpaired) electrons. The van der Waals surface area contributed by atoms with Crippen LogP contribution in [0.5, 0.6) is 0 Å². The van der Waals surface area contributed by atoms with Crippen LogP contribution in [0.15, 0.2) is 41.7 Å². The molecule has 1 amide bonds. The highest BCUT2D eigenvalue weighted by Gasteiger charge is 2.38. The van der Waals surface area contributed by atoms with E-state index in [0.717, 1.165) is 35.4 Å². The van der Waals surface area contributed by atoms with E-state index in [0.29, 0.717) is 18.8 Å². The van der Waals surface area contributed by atoms with Crippen molar-refractivity contribution in [2.45, 2.75) is 19.0 Å². The monoisotopic (exact) mass is 451 g/mol. The summed E-state index contributed by atoms with van der Waals surface area (Å²) in [5, 5.41) is 8.92. The second kappa shape index (κ2) is 9.60. The molecule has 0 saturated heterocycles. The molecule has 0 saturated carbocycles. The van der Waals surface area contributed by atoms with Gasteiger partial charge in [0.2, 0.25) is 0 Å². The molecule has 4 heterocycles. The Morgan fingerprint density at radius 3 is 2.48 bits per heavy atom. The maximum Gasteiger partial charge on any atom is 0.490 e. The molecule has 1 aliphatic heterocycles. The van der Waals surface area contributed by atoms with Crippen LogP contribution in [0.4, 0.5) is 13.2 Å². The Morgan fingerprint density at radius 1 is 1.13 bits per heavy atom. The van der Waals surface area contributed by atoms with E-state index in [1.807, 2.05) is 23.2 Å². The molecule has 3 aromatic heterocycles. The summed E-state index contributed by atoms with van der Waals surface area (Å²) < 4.78 is 31.7. The number of halogens is 3. The minimum Gasteiger partial charge on any atom is -0.475 e. The first-order chi connectivity index (χ1) is 14.8. The van der Waals surface area contributed by atoms with Gasteiger partial charge in [-0.15, -0.1) is 11.3 Å². The molecular weight excluding hydrogens is 435 g/mol. The fourth-order valence-electron chi connectivity index (χ4n) is 2.96. The van der Waals surface area contributed by atoms with Crippen molar-refractivity contribution in [3.05, 3.63) is 58.7 Å². The molecular formula is C19H16F3N5O3S. The van der Waals surface area contributed by atoms with E-state index < -0.39 is 12.1 Å². The van der Waals surface area contributed by atoms with Crippen LogP contribution in [0.3, 0.4) is 0 Å². The number of alkyl halides is 3. The van der Waals surface area contributed by atoms with E-state index in [1.165, 1.54) is 11.3 Å². The van der Waals surface area contributed by atoms with Gasteiger partial charge in [-0.05, 0) is 18.6 Å². The Labute approximate surface area is 178 Å². The van der Waals surface area contributed by atoms with Gasteiger partial charge in [-0.3, -0.25) is 9.78 Å². The van der Waals surface area contributed by atoms with E-state index in [4.69, 9.17) is 9.90 Å². The third kappa shape index (κ3) is 5.60. The van der Waals surface area contributed by atoms with E-state index in [-0.39, 0.29) is 5.91 Å². The van der Waals surface area contributed by atoms with Gasteiger partial charge in [-0.25, -0.2) is 19.7 Å². The van der Waals surface area contributed by atoms with Gasteiger partial charge in [-0.1, -0.05) is 0 Å². The maximum absolute atomic E-state index is 12.5. The van der Waals surface area contributed by atoms with Crippen LogP contribution >= 0.6 is 11.3 Å². The number of aliphatic carboxylic acids is 1. The predicted octanol–water partition coefficient (Wildman–Crippen LogP) is 2.87. The standard InChI is InChI=1S/C17H15N5OS.C2HF3O2/c23-17(15-9-24-11-21-15)22-6-3-13-14(4-7-22)19-10-20-16(13)12-2-1-5-18-8-12;3-2(4,5)1(6)7/h1-2,5,8-11H,3-4,6-7H2;(H,6,7). The predicted molar refractivity (Wildman–Crippen MR) is 104 cm³/mol. The zero-order valence-electron chi connectivity index (χ0n) is 15.9. The highest BCUT2D eigenvalue weighted by atomic mass is 32.1. The SMILES string of the molecule is O=C(O)C(F)(F)F.O=C(c1cscn1)N1CCc2ncnc(-c3cccnc3)c2CC1. The Hall–Kier alpha value is -3.41. The molecule has 3 aromatic rings. The molecule has 1 aliphatic rings. The van der Waals surface area contributed by atoms with Crippen LogP contribution in [-0.4, -0.2) is 61.1 Å². The quantitative estimate of drug-likeness (QED) is 0.638. The number of pyridine rings is 1. The van der Waals surface area contributed by atoms with Crippen LogP contribution in [-0.2, 0) is 17.6 Å². The number of carbonyl (C=O) groups is 2. The Kier molecular flexibility index (Phi) is 6.90. The van der Waals surface area contributed by atoms with Crippen molar-refractivity contribution >= 4 is 23.2 Å². The molecule has 31 heavy (non-hydrogen) atoms. The van der Waals surface area contributed by atoms with Crippen molar-refractivity contribution in [1.29, 1.82) is 0 Å². The summed E-state index contributed by atoms with van der Waals surface area (Å²) >= 11 is 1.44. The minimum absolute atomic E-state index is 0.0139. The highest BCUT2D eigenvalue weighted by Crippen LogP contribution is 2.25. The lowest BCUT2D eigenvalue weighted by molar-refractivity contribution is -0.192. The lowest BCUT2D eigenvalue weighted by atomic mass is 10.0. The lowest BCUT2D eigenvalue weighted by Gasteiger charge is -2.18. The Balaban J connectivity index is 0.000000339. The summed E-state index contributed by atoms with van der Waals surface area (Å²) in [4.78, 5) is 40.5. The van der Waals surface area contributed by atoms with Gasteiger partial charge < -0.3 is 10.0 Å². The summed E-state index contributed by atoms with van der Waals surface area (Å²) in [6.45, 7) is 1.29. The average Bonchev–Trinajstić information content (AvgIpc) is 3.20. The smallest absolute Gasteiger partial charge is 0.475 e. The van der Waals surface area contributed by atoms with Crippen LogP contribution in [0.2, 0.25) is 0 Å². The molecule has 0 aliphatic carbocycles. The Bertz CT molecular complexity index is 1050. The molecule has 0 aromatic carbocycles. The second-order valence-electron chi connectivity index (χ2n) is 6.36. The van der Waals surface area contributed by atoms with Crippen molar-refractivity contribution in [2.24, 2.45) is 0 Å². The summed E-state index contributed by atoms with van der Waals surface area (Å²) in [7, 11) is 0. The molecule has 162 valence electrons. The van der Waals surface area contributed by atoms with Gasteiger partial charge in [0.05, 0.1) is 11.2 Å². The van der Waals surface area contributed by atoms with Crippen molar-refractivity contribution in [1.82, 2.24) is 24.8 Å². The molecule has 0 fully saturated rings. The van der Waals surface area contributed by atoms with Gasteiger partial charge in [0.1, 0.15) is 12.0 Å². The first kappa shape index (κ1) is 22.3. The third-order valence-electron chi connectivity index (χ3n) is 4.40. The number of rotatable bonds is 2. The van der Waals surface area contributed by atoms with Crippen molar-refractivity contribution in [3.8, 4) is 11.3 Å². The zero-order valence-corrected chi connectivity index (χ0v) is 16.7. The molecule has 4 rings (SSSR count). The van der Waals surface area contributed by atoms with Crippen LogP contribution in [0.25, 0.3) is 11.3 Å². The molecule has 0 spiro atoms. The first-order valence-electron chi connectivity index (χ1n) is 8.98. The Morgan fingerprint density at radius 2 is 1.87 bits per heavy atom. The number of hydrogen-bond acceptors (Lipinski definition) is 7. The summed E-state index contributed by atoms with van der Waals surface area (Å²) in [5.41, 5.74) is 6.22. The summed E-state index contributed by atoms with van der Waals surface area (Å²) in [6, 6.07) is 3.90. The molecule has 0 unspecified atom stereocenters. The summed E-state index contributed by atoms with van der Waals surface area (Å²) in [6.07, 6.45) is 1.53. The van der Waals surface area contributed by atoms with Gasteiger partial charge in [0.15, 0.2) is 0 Å². The summed E-state index contributed by atoms with van der Waals surface area (Å²) in [5.74, 6) is -2.77. The van der Waals surface area contributed by atoms with Gasteiger partial charge >= 0.3 is 12.1 Å². The normalized spacial score (nSPS) is 13.5. The lowest BCUT2D eigenvalue weighted by Crippen LogP contribution is -2.33. The number of carboxylic acids is 1. The fourth-order valence-corrected chi connectivity index (χ4v) is 3.49.